The molecule has 0 saturated carbocycles. The molecule has 11 heteroatoms. The molecular weight excluding hydrogens is 530 g/mol. The van der Waals surface area contributed by atoms with Crippen molar-refractivity contribution in [3.8, 4) is 0 Å². The van der Waals surface area contributed by atoms with E-state index in [0.29, 0.717) is 12.1 Å². The summed E-state index contributed by atoms with van der Waals surface area (Å²) in [7, 11) is -6.73. The lowest BCUT2D eigenvalue weighted by Gasteiger charge is -2.23. The average molecular weight is 571 g/mol. The van der Waals surface area contributed by atoms with Gasteiger partial charge in [-0.05, 0) is 30.1 Å². The van der Waals surface area contributed by atoms with E-state index in [2.05, 4.69) is 13.8 Å². The minimum absolute atomic E-state index is 0.214. The lowest BCUT2D eigenvalue weighted by molar-refractivity contribution is -0.142. The number of hydrogen-bond acceptors (Lipinski definition) is 6. The van der Waals surface area contributed by atoms with Crippen molar-refractivity contribution < 1.29 is 44.0 Å². The van der Waals surface area contributed by atoms with Crippen molar-refractivity contribution in [3.05, 3.63) is 71.8 Å². The summed E-state index contributed by atoms with van der Waals surface area (Å²) in [6, 6.07) is 17.1. The molecule has 6 unspecified atom stereocenters. The molecule has 5 N–H and O–H groups in total. The molecule has 2 rings (SSSR count). The number of carbonyl (C=O) groups is 2. The highest BCUT2D eigenvalue weighted by molar-refractivity contribution is 7.63. The summed E-state index contributed by atoms with van der Waals surface area (Å²) in [6.45, 7) is 5.96. The predicted octanol–water partition coefficient (Wildman–Crippen LogP) is 5.62. The molecule has 0 bridgehead atoms. The highest BCUT2D eigenvalue weighted by Crippen LogP contribution is 2.56. The van der Waals surface area contributed by atoms with Crippen LogP contribution in [0.5, 0.6) is 0 Å². The van der Waals surface area contributed by atoms with E-state index >= 15 is 0 Å². The van der Waals surface area contributed by atoms with E-state index in [-0.39, 0.29) is 12.0 Å². The normalized spacial score (nSPS) is 17.4. The first kappa shape index (κ1) is 33.7. The molecule has 0 saturated heterocycles. The molecule has 38 heavy (non-hydrogen) atoms. The van der Waals surface area contributed by atoms with Crippen LogP contribution in [-0.2, 0) is 18.7 Å². The van der Waals surface area contributed by atoms with E-state index in [1.54, 1.807) is 24.9 Å². The average Bonchev–Trinajstić information content (AvgIpc) is 2.86. The topological polar surface area (TPSA) is 169 Å². The third kappa shape index (κ3) is 11.6. The van der Waals surface area contributed by atoms with Gasteiger partial charge in [-0.2, -0.15) is 0 Å². The van der Waals surface area contributed by atoms with Gasteiger partial charge in [0, 0.05) is 18.7 Å². The van der Waals surface area contributed by atoms with Crippen LogP contribution in [0, 0.1) is 11.8 Å². The van der Waals surface area contributed by atoms with Gasteiger partial charge in [0.15, 0.2) is 5.85 Å². The Morgan fingerprint density at radius 2 is 1.29 bits per heavy atom. The molecule has 0 aliphatic heterocycles. The van der Waals surface area contributed by atoms with Crippen molar-refractivity contribution in [3.63, 3.8) is 0 Å². The lowest BCUT2D eigenvalue weighted by atomic mass is 10.1. The Labute approximate surface area is 224 Å². The Bertz CT molecular complexity index is 1090. The number of benzene rings is 2. The highest BCUT2D eigenvalue weighted by atomic mass is 31.2. The summed E-state index contributed by atoms with van der Waals surface area (Å²) in [6.07, 6.45) is 1.43. The highest BCUT2D eigenvalue weighted by Gasteiger charge is 2.36. The Balaban J connectivity index is 0.000000389. The summed E-state index contributed by atoms with van der Waals surface area (Å²) in [5.74, 6) is -5.93. The number of aliphatic hydroxyl groups is 2. The molecule has 0 fully saturated rings. The fourth-order valence-corrected chi connectivity index (χ4v) is 8.34. The maximum atomic E-state index is 12.5. The maximum Gasteiger partial charge on any atom is 0.307 e. The Hall–Kier alpha value is -2.28. The molecule has 0 aromatic heterocycles. The van der Waals surface area contributed by atoms with Crippen LogP contribution in [0.4, 0.5) is 0 Å². The van der Waals surface area contributed by atoms with Crippen LogP contribution in [0.2, 0.25) is 0 Å². The van der Waals surface area contributed by atoms with Crippen LogP contribution in [0.25, 0.3) is 0 Å². The van der Waals surface area contributed by atoms with Gasteiger partial charge in [0.2, 0.25) is 7.37 Å². The zero-order chi connectivity index (χ0) is 28.9. The molecule has 0 radical (unpaired) electrons. The first-order valence-corrected chi connectivity index (χ1v) is 16.8. The fourth-order valence-electron chi connectivity index (χ4n) is 4.11. The monoisotopic (exact) mass is 570 g/mol. The van der Waals surface area contributed by atoms with E-state index in [1.807, 2.05) is 30.3 Å². The first-order valence-electron chi connectivity index (χ1n) is 12.5. The summed E-state index contributed by atoms with van der Waals surface area (Å²) < 4.78 is 24.7. The molecular formula is C27H40O9P2. The Kier molecular flexibility index (Phi) is 14.2. The number of aliphatic hydroxyl groups excluding tert-OH is 2. The predicted molar refractivity (Wildman–Crippen MR) is 148 cm³/mol. The SMILES string of the molecule is CCCC(C)CP(C)(=O)C(O)c1ccccc1.O=C(O)CCC(CP(=O)(O)C(O)c1ccccc1)C(=O)O. The largest absolute Gasteiger partial charge is 0.481 e. The van der Waals surface area contributed by atoms with Crippen LogP contribution in [0.1, 0.15) is 62.3 Å². The Morgan fingerprint density at radius 1 is 0.816 bits per heavy atom. The smallest absolute Gasteiger partial charge is 0.307 e. The van der Waals surface area contributed by atoms with E-state index in [4.69, 9.17) is 10.2 Å². The zero-order valence-corrected chi connectivity index (χ0v) is 23.9. The molecule has 2 aromatic carbocycles. The van der Waals surface area contributed by atoms with E-state index in [0.717, 1.165) is 18.4 Å². The minimum atomic E-state index is -4.19. The quantitative estimate of drug-likeness (QED) is 0.181. The van der Waals surface area contributed by atoms with Crippen molar-refractivity contribution in [2.75, 3.05) is 19.0 Å². The van der Waals surface area contributed by atoms with Crippen LogP contribution < -0.4 is 0 Å². The van der Waals surface area contributed by atoms with Crippen molar-refractivity contribution in [1.29, 1.82) is 0 Å². The van der Waals surface area contributed by atoms with Crippen molar-refractivity contribution in [1.82, 2.24) is 0 Å². The summed E-state index contributed by atoms with van der Waals surface area (Å²) in [5, 5.41) is 37.7. The van der Waals surface area contributed by atoms with Gasteiger partial charge < -0.3 is 29.9 Å². The third-order valence-corrected chi connectivity index (χ3v) is 10.8. The minimum Gasteiger partial charge on any atom is -0.481 e. The summed E-state index contributed by atoms with van der Waals surface area (Å²) in [5.41, 5.74) is 0.979. The second-order valence-corrected chi connectivity index (χ2v) is 15.3. The number of aliphatic carboxylic acids is 2. The maximum absolute atomic E-state index is 12.5. The third-order valence-electron chi connectivity index (χ3n) is 6.09. The number of carboxylic acids is 2. The second kappa shape index (κ2) is 16.0. The van der Waals surface area contributed by atoms with Crippen LogP contribution in [0.15, 0.2) is 60.7 Å². The van der Waals surface area contributed by atoms with Crippen LogP contribution in [-0.4, -0.2) is 56.2 Å². The van der Waals surface area contributed by atoms with Gasteiger partial charge in [0.05, 0.1) is 5.92 Å². The molecule has 0 spiro atoms. The van der Waals surface area contributed by atoms with Gasteiger partial charge in [-0.3, -0.25) is 14.2 Å². The molecule has 2 aromatic rings. The zero-order valence-electron chi connectivity index (χ0n) is 22.1. The van der Waals surface area contributed by atoms with E-state index < -0.39 is 56.6 Å². The number of carboxylic acid groups (broad SMARTS) is 2. The summed E-state index contributed by atoms with van der Waals surface area (Å²) in [4.78, 5) is 31.4. The molecule has 9 nitrogen and oxygen atoms in total. The summed E-state index contributed by atoms with van der Waals surface area (Å²) >= 11 is 0. The number of hydrogen-bond donors (Lipinski definition) is 5. The van der Waals surface area contributed by atoms with Gasteiger partial charge >= 0.3 is 11.9 Å². The number of rotatable bonds is 14. The van der Waals surface area contributed by atoms with Crippen molar-refractivity contribution in [2.24, 2.45) is 11.8 Å². The molecule has 0 aliphatic carbocycles. The Morgan fingerprint density at radius 3 is 1.71 bits per heavy atom. The van der Waals surface area contributed by atoms with Gasteiger partial charge in [0.25, 0.3) is 0 Å². The first-order chi connectivity index (χ1) is 17.7. The molecule has 0 aliphatic rings. The van der Waals surface area contributed by atoms with Gasteiger partial charge in [0.1, 0.15) is 13.0 Å². The van der Waals surface area contributed by atoms with Crippen molar-refractivity contribution in [2.45, 2.75) is 51.2 Å². The molecule has 6 atom stereocenters. The molecule has 212 valence electrons. The van der Waals surface area contributed by atoms with Gasteiger partial charge in [-0.25, -0.2) is 0 Å². The molecule has 0 heterocycles. The van der Waals surface area contributed by atoms with E-state index in [9.17, 15) is 33.8 Å². The molecule has 0 amide bonds. The van der Waals surface area contributed by atoms with Crippen molar-refractivity contribution >= 4 is 26.4 Å². The van der Waals surface area contributed by atoms with Gasteiger partial charge in [-0.15, -0.1) is 0 Å². The van der Waals surface area contributed by atoms with Crippen LogP contribution >= 0.6 is 14.5 Å². The standard InChI is InChI=1S/C14H23O2P.C13H17O7P/c1-4-8-12(2)11-17(3,16)14(15)13-9-6-5-7-10-13;14-11(15)7-6-10(12(16)17)8-21(19,20)13(18)9-4-2-1-3-5-9/h5-7,9-10,12,14-15H,4,8,11H2,1-3H3;1-5,10,13,18H,6-8H2,(H,14,15)(H,16,17)(H,19,20). The van der Waals surface area contributed by atoms with Crippen LogP contribution in [0.3, 0.4) is 0 Å². The van der Waals surface area contributed by atoms with Gasteiger partial charge in [-0.1, -0.05) is 87.4 Å². The van der Waals surface area contributed by atoms with E-state index in [1.165, 1.54) is 12.1 Å². The second-order valence-electron chi connectivity index (χ2n) is 9.72. The lowest BCUT2D eigenvalue weighted by Crippen LogP contribution is -2.21. The fraction of sp³-hybridized carbons (Fsp3) is 0.481.